The summed E-state index contributed by atoms with van der Waals surface area (Å²) in [6.07, 6.45) is 3.63. The van der Waals surface area contributed by atoms with Crippen LogP contribution < -0.4 is 5.32 Å². The SMILES string of the molecule is CNC1CCc2c(n(C)c3cc(C)cc(C)c23)C1. The number of rotatable bonds is 1. The van der Waals surface area contributed by atoms with Crippen LogP contribution in [0.4, 0.5) is 0 Å². The van der Waals surface area contributed by atoms with Gasteiger partial charge in [-0.3, -0.25) is 0 Å². The molecule has 0 aliphatic heterocycles. The summed E-state index contributed by atoms with van der Waals surface area (Å²) in [5, 5.41) is 4.94. The van der Waals surface area contributed by atoms with Gasteiger partial charge in [-0.25, -0.2) is 0 Å². The molecule has 0 saturated carbocycles. The number of aromatic nitrogens is 1. The summed E-state index contributed by atoms with van der Waals surface area (Å²) in [5.74, 6) is 0. The van der Waals surface area contributed by atoms with Gasteiger partial charge in [0.05, 0.1) is 0 Å². The normalized spacial score (nSPS) is 19.2. The molecule has 1 heterocycles. The van der Waals surface area contributed by atoms with E-state index in [1.54, 1.807) is 5.56 Å². The van der Waals surface area contributed by atoms with E-state index < -0.39 is 0 Å². The summed E-state index contributed by atoms with van der Waals surface area (Å²) in [7, 11) is 4.30. The zero-order valence-corrected chi connectivity index (χ0v) is 11.8. The Bertz CT molecular complexity index is 607. The van der Waals surface area contributed by atoms with E-state index in [0.717, 1.165) is 6.42 Å². The molecule has 18 heavy (non-hydrogen) atoms. The highest BCUT2D eigenvalue weighted by atomic mass is 15.0. The van der Waals surface area contributed by atoms with Crippen LogP contribution in [0.3, 0.4) is 0 Å². The fourth-order valence-corrected chi connectivity index (χ4v) is 3.52. The summed E-state index contributed by atoms with van der Waals surface area (Å²) in [5.41, 5.74) is 7.34. The fraction of sp³-hybridized carbons (Fsp3) is 0.500. The van der Waals surface area contributed by atoms with Gasteiger partial charge in [-0.15, -0.1) is 0 Å². The first-order valence-corrected chi connectivity index (χ1v) is 6.86. The van der Waals surface area contributed by atoms with Gasteiger partial charge in [0, 0.05) is 36.1 Å². The second-order valence-electron chi connectivity index (χ2n) is 5.69. The van der Waals surface area contributed by atoms with Crippen LogP contribution in [0.25, 0.3) is 10.9 Å². The van der Waals surface area contributed by atoms with E-state index in [2.05, 4.69) is 50.0 Å². The first kappa shape index (κ1) is 11.8. The van der Waals surface area contributed by atoms with Crippen molar-refractivity contribution in [1.82, 2.24) is 9.88 Å². The number of nitrogens with one attached hydrogen (secondary N) is 1. The average Bonchev–Trinajstić information content (AvgIpc) is 2.63. The highest BCUT2D eigenvalue weighted by Gasteiger charge is 2.24. The first-order valence-electron chi connectivity index (χ1n) is 6.86. The van der Waals surface area contributed by atoms with Crippen molar-refractivity contribution in [2.45, 2.75) is 39.2 Å². The molecule has 1 aromatic heterocycles. The van der Waals surface area contributed by atoms with E-state index >= 15 is 0 Å². The third kappa shape index (κ3) is 1.59. The second kappa shape index (κ2) is 4.13. The third-order valence-electron chi connectivity index (χ3n) is 4.47. The molecule has 1 unspecified atom stereocenters. The Morgan fingerprint density at radius 2 is 2.06 bits per heavy atom. The zero-order chi connectivity index (χ0) is 12.9. The summed E-state index contributed by atoms with van der Waals surface area (Å²) in [6.45, 7) is 4.44. The standard InChI is InChI=1S/C16H22N2/c1-10-7-11(2)16-13-6-5-12(17-3)9-14(13)18(4)15(16)8-10/h7-8,12,17H,5-6,9H2,1-4H3. The molecule has 1 atom stereocenters. The predicted molar refractivity (Wildman–Crippen MR) is 77.3 cm³/mol. The summed E-state index contributed by atoms with van der Waals surface area (Å²) in [4.78, 5) is 0. The van der Waals surface area contributed by atoms with Gasteiger partial charge < -0.3 is 9.88 Å². The van der Waals surface area contributed by atoms with Crippen molar-refractivity contribution < 1.29 is 0 Å². The quantitative estimate of drug-likeness (QED) is 0.813. The van der Waals surface area contributed by atoms with Gasteiger partial charge in [0.1, 0.15) is 0 Å². The Morgan fingerprint density at radius 3 is 2.78 bits per heavy atom. The zero-order valence-electron chi connectivity index (χ0n) is 11.8. The maximum Gasteiger partial charge on any atom is 0.0488 e. The highest BCUT2D eigenvalue weighted by Crippen LogP contribution is 2.34. The number of fused-ring (bicyclic) bond motifs is 3. The average molecular weight is 242 g/mol. The van der Waals surface area contributed by atoms with Gasteiger partial charge in [-0.2, -0.15) is 0 Å². The molecule has 3 rings (SSSR count). The van der Waals surface area contributed by atoms with Gasteiger partial charge in [-0.1, -0.05) is 6.07 Å². The minimum atomic E-state index is 0.641. The van der Waals surface area contributed by atoms with Gasteiger partial charge in [0.2, 0.25) is 0 Å². The van der Waals surface area contributed by atoms with Crippen molar-refractivity contribution >= 4 is 10.9 Å². The molecule has 0 radical (unpaired) electrons. The molecule has 1 aromatic carbocycles. The molecular formula is C16H22N2. The number of benzene rings is 1. The van der Waals surface area contributed by atoms with Crippen LogP contribution in [0, 0.1) is 13.8 Å². The van der Waals surface area contributed by atoms with Crippen LogP contribution in [0.15, 0.2) is 12.1 Å². The summed E-state index contributed by atoms with van der Waals surface area (Å²) >= 11 is 0. The first-order chi connectivity index (χ1) is 8.61. The Kier molecular flexibility index (Phi) is 2.70. The number of hydrogen-bond acceptors (Lipinski definition) is 1. The van der Waals surface area contributed by atoms with Crippen LogP contribution in [0.5, 0.6) is 0 Å². The molecule has 0 fully saturated rings. The molecule has 0 amide bonds. The maximum absolute atomic E-state index is 3.43. The Balaban J connectivity index is 2.27. The Morgan fingerprint density at radius 1 is 1.28 bits per heavy atom. The molecule has 1 aliphatic rings. The second-order valence-corrected chi connectivity index (χ2v) is 5.69. The van der Waals surface area contributed by atoms with Gasteiger partial charge in [0.15, 0.2) is 0 Å². The van der Waals surface area contributed by atoms with Gasteiger partial charge in [0.25, 0.3) is 0 Å². The van der Waals surface area contributed by atoms with E-state index in [1.165, 1.54) is 40.6 Å². The van der Waals surface area contributed by atoms with Crippen molar-refractivity contribution in [1.29, 1.82) is 0 Å². The van der Waals surface area contributed by atoms with E-state index in [0.29, 0.717) is 6.04 Å². The lowest BCUT2D eigenvalue weighted by molar-refractivity contribution is 0.485. The number of hydrogen-bond donors (Lipinski definition) is 1. The van der Waals surface area contributed by atoms with Crippen molar-refractivity contribution in [3.05, 3.63) is 34.5 Å². The van der Waals surface area contributed by atoms with Gasteiger partial charge >= 0.3 is 0 Å². The minimum Gasteiger partial charge on any atom is -0.347 e. The van der Waals surface area contributed by atoms with E-state index in [4.69, 9.17) is 0 Å². The molecule has 1 N–H and O–H groups in total. The fourth-order valence-electron chi connectivity index (χ4n) is 3.52. The van der Waals surface area contributed by atoms with Crippen LogP contribution in [-0.2, 0) is 19.9 Å². The van der Waals surface area contributed by atoms with Crippen LogP contribution in [0.1, 0.15) is 28.8 Å². The Hall–Kier alpha value is -1.28. The van der Waals surface area contributed by atoms with Crippen molar-refractivity contribution in [3.63, 3.8) is 0 Å². The lowest BCUT2D eigenvalue weighted by Crippen LogP contribution is -2.32. The summed E-state index contributed by atoms with van der Waals surface area (Å²) in [6, 6.07) is 5.28. The molecule has 0 saturated heterocycles. The van der Waals surface area contributed by atoms with Crippen LogP contribution >= 0.6 is 0 Å². The van der Waals surface area contributed by atoms with Crippen molar-refractivity contribution in [2.24, 2.45) is 7.05 Å². The minimum absolute atomic E-state index is 0.641. The van der Waals surface area contributed by atoms with Crippen LogP contribution in [-0.4, -0.2) is 17.7 Å². The highest BCUT2D eigenvalue weighted by molar-refractivity contribution is 5.89. The van der Waals surface area contributed by atoms with E-state index in [1.807, 2.05) is 0 Å². The lowest BCUT2D eigenvalue weighted by Gasteiger charge is -2.23. The molecular weight excluding hydrogens is 220 g/mol. The van der Waals surface area contributed by atoms with Crippen molar-refractivity contribution in [3.8, 4) is 0 Å². The number of nitrogens with zero attached hydrogens (tertiary/aromatic N) is 1. The topological polar surface area (TPSA) is 17.0 Å². The van der Waals surface area contributed by atoms with E-state index in [9.17, 15) is 0 Å². The predicted octanol–water partition coefficient (Wildman–Crippen LogP) is 2.87. The lowest BCUT2D eigenvalue weighted by atomic mass is 9.90. The van der Waals surface area contributed by atoms with E-state index in [-0.39, 0.29) is 0 Å². The molecule has 2 aromatic rings. The van der Waals surface area contributed by atoms with Crippen LogP contribution in [0.2, 0.25) is 0 Å². The molecule has 0 spiro atoms. The van der Waals surface area contributed by atoms with Gasteiger partial charge in [-0.05, 0) is 56.5 Å². The molecule has 1 aliphatic carbocycles. The molecule has 0 bridgehead atoms. The maximum atomic E-state index is 3.43. The molecule has 2 heteroatoms. The molecule has 96 valence electrons. The number of aryl methyl sites for hydroxylation is 4. The van der Waals surface area contributed by atoms with Crippen molar-refractivity contribution in [2.75, 3.05) is 7.05 Å². The number of likely N-dealkylation sites (N-methyl/N-ethyl adjacent to an activating group) is 1. The third-order valence-corrected chi connectivity index (χ3v) is 4.47. The molecule has 2 nitrogen and oxygen atoms in total. The smallest absolute Gasteiger partial charge is 0.0488 e. The largest absolute Gasteiger partial charge is 0.347 e. The Labute approximate surface area is 109 Å². The summed E-state index contributed by atoms with van der Waals surface area (Å²) < 4.78 is 2.41. The monoisotopic (exact) mass is 242 g/mol.